The van der Waals surface area contributed by atoms with Crippen LogP contribution in [0.5, 0.6) is 5.75 Å². The van der Waals surface area contributed by atoms with E-state index in [4.69, 9.17) is 17.2 Å². The lowest BCUT2D eigenvalue weighted by molar-refractivity contribution is -0.135. The number of aliphatic hydroxyl groups is 1. The first-order chi connectivity index (χ1) is 24.6. The van der Waals surface area contributed by atoms with Crippen LogP contribution in [0.3, 0.4) is 0 Å². The molecule has 5 atom stereocenters. The Kier molecular flexibility index (Phi) is 15.5. The van der Waals surface area contributed by atoms with Crippen molar-refractivity contribution in [3.8, 4) is 5.75 Å². The lowest BCUT2D eigenvalue weighted by atomic mass is 10.0. The third kappa shape index (κ3) is 13.7. The number of phenols is 1. The zero-order chi connectivity index (χ0) is 38.3. The Morgan fingerprint density at radius 1 is 0.750 bits per heavy atom. The Balaban J connectivity index is 1.84. The summed E-state index contributed by atoms with van der Waals surface area (Å²) < 4.78 is 28.8. The number of unbranched alkanes of at least 4 members (excludes halogenated alkanes) is 1. The van der Waals surface area contributed by atoms with Gasteiger partial charge in [-0.15, -0.1) is 0 Å². The fraction of sp³-hybridized carbons (Fsp3) is 0.343. The molecule has 0 aliphatic carbocycles. The molecule has 0 saturated heterocycles. The molecule has 0 fully saturated rings. The highest BCUT2D eigenvalue weighted by Crippen LogP contribution is 2.15. The van der Waals surface area contributed by atoms with Crippen LogP contribution >= 0.6 is 0 Å². The van der Waals surface area contributed by atoms with Crippen molar-refractivity contribution in [3.05, 3.63) is 102 Å². The second kappa shape index (κ2) is 19.8. The number of benzene rings is 3. The van der Waals surface area contributed by atoms with E-state index in [-0.39, 0.29) is 31.1 Å². The third-order valence-corrected chi connectivity index (χ3v) is 9.17. The largest absolute Gasteiger partial charge is 0.508 e. The molecular weight excluding hydrogens is 692 g/mol. The van der Waals surface area contributed by atoms with E-state index >= 15 is 0 Å². The summed E-state index contributed by atoms with van der Waals surface area (Å²) in [6, 6.07) is 16.7. The van der Waals surface area contributed by atoms with Gasteiger partial charge in [-0.25, -0.2) is 13.1 Å². The number of aromatic hydroxyl groups is 1. The van der Waals surface area contributed by atoms with Gasteiger partial charge in [0.2, 0.25) is 33.7 Å². The van der Waals surface area contributed by atoms with Crippen LogP contribution in [0.1, 0.15) is 48.9 Å². The number of sulfonamides is 1. The molecule has 16 nitrogen and oxygen atoms in total. The van der Waals surface area contributed by atoms with Crippen molar-refractivity contribution in [3.63, 3.8) is 0 Å². The number of hydrogen-bond acceptors (Lipinski definition) is 9. The molecule has 0 saturated carbocycles. The van der Waals surface area contributed by atoms with Crippen molar-refractivity contribution >= 4 is 39.6 Å². The fourth-order valence-electron chi connectivity index (χ4n) is 5.17. The summed E-state index contributed by atoms with van der Waals surface area (Å²) in [6.45, 7) is 1.48. The van der Waals surface area contributed by atoms with Crippen LogP contribution in [0.15, 0.2) is 89.9 Å². The number of carbonyl (C=O) groups is 4. The maximum atomic E-state index is 13.7. The van der Waals surface area contributed by atoms with E-state index in [1.807, 2.05) is 0 Å². The molecule has 0 aromatic heterocycles. The quantitative estimate of drug-likeness (QED) is 0.0409. The number of primary amides is 1. The second-order valence-electron chi connectivity index (χ2n) is 12.1. The molecule has 3 aromatic rings. The predicted molar refractivity (Wildman–Crippen MR) is 194 cm³/mol. The zero-order valence-electron chi connectivity index (χ0n) is 28.6. The molecule has 0 unspecified atom stereocenters. The van der Waals surface area contributed by atoms with E-state index in [2.05, 4.69) is 25.7 Å². The smallest absolute Gasteiger partial charge is 0.245 e. The molecule has 0 aliphatic heterocycles. The first-order valence-corrected chi connectivity index (χ1v) is 18.1. The summed E-state index contributed by atoms with van der Waals surface area (Å²) in [5.74, 6) is -4.11. The van der Waals surface area contributed by atoms with E-state index in [9.17, 15) is 37.8 Å². The summed E-state index contributed by atoms with van der Waals surface area (Å²) in [4.78, 5) is 57.2. The zero-order valence-corrected chi connectivity index (χ0v) is 29.5. The van der Waals surface area contributed by atoms with Gasteiger partial charge in [0, 0.05) is 6.54 Å². The van der Waals surface area contributed by atoms with E-state index in [0.29, 0.717) is 29.5 Å². The number of aliphatic imine (C=N–C) groups is 1. The van der Waals surface area contributed by atoms with Gasteiger partial charge in [-0.05, 0) is 61.4 Å². The number of phenolic OH excluding ortho intramolecular Hbond substituents is 1. The number of amides is 4. The van der Waals surface area contributed by atoms with Gasteiger partial charge >= 0.3 is 0 Å². The molecule has 0 radical (unpaired) electrons. The van der Waals surface area contributed by atoms with Gasteiger partial charge in [0.15, 0.2) is 5.96 Å². The molecule has 0 spiro atoms. The molecule has 52 heavy (non-hydrogen) atoms. The van der Waals surface area contributed by atoms with Crippen molar-refractivity contribution in [2.45, 2.75) is 68.6 Å². The van der Waals surface area contributed by atoms with Gasteiger partial charge in [0.25, 0.3) is 0 Å². The number of nitrogens with one attached hydrogen (secondary N) is 4. The topological polar surface area (TPSA) is 281 Å². The fourth-order valence-corrected chi connectivity index (χ4v) is 6.51. The Bertz CT molecular complexity index is 1770. The summed E-state index contributed by atoms with van der Waals surface area (Å²) in [5.41, 5.74) is 17.7. The maximum Gasteiger partial charge on any atom is 0.245 e. The lowest BCUT2D eigenvalue weighted by Gasteiger charge is -2.27. The molecule has 3 aromatic carbocycles. The highest BCUT2D eigenvalue weighted by atomic mass is 32.2. The standard InChI is InChI=1S/C35H46N8O8S/c1-22(44)29(41-33(48)28(20-23-15-17-26(45)18-16-23)43-52(50,51)21-24-10-4-2-5-11-24)34(49)40-27(14-8-9-19-39-35(37)38)32(47)42-30(31(36)46)25-12-6-3-7-13-25/h2-7,10-13,15-18,22,27-30,43-45H,8-9,14,19-21H2,1H3,(H2,36,46)(H,40,49)(H,41,48)(H,42,47)(H4,37,38,39)/t22-,27+,28-,29+,30+/m1/s1. The van der Waals surface area contributed by atoms with Crippen molar-refractivity contribution in [1.29, 1.82) is 0 Å². The minimum atomic E-state index is -4.11. The minimum Gasteiger partial charge on any atom is -0.508 e. The minimum absolute atomic E-state index is 0.0407. The van der Waals surface area contributed by atoms with Crippen molar-refractivity contribution in [2.24, 2.45) is 22.2 Å². The third-order valence-electron chi connectivity index (χ3n) is 7.81. The van der Waals surface area contributed by atoms with E-state index in [0.717, 1.165) is 0 Å². The van der Waals surface area contributed by atoms with Crippen LogP contribution in [0.2, 0.25) is 0 Å². The van der Waals surface area contributed by atoms with Gasteiger partial charge in [-0.3, -0.25) is 24.2 Å². The highest BCUT2D eigenvalue weighted by Gasteiger charge is 2.34. The molecule has 280 valence electrons. The van der Waals surface area contributed by atoms with Gasteiger partial charge in [-0.1, -0.05) is 72.8 Å². The number of aliphatic hydroxyl groups excluding tert-OH is 1. The highest BCUT2D eigenvalue weighted by molar-refractivity contribution is 7.88. The van der Waals surface area contributed by atoms with Crippen LogP contribution < -0.4 is 37.9 Å². The molecule has 3 rings (SSSR count). The van der Waals surface area contributed by atoms with E-state index < -0.39 is 69.7 Å². The van der Waals surface area contributed by atoms with Gasteiger partial charge in [0.1, 0.15) is 29.9 Å². The number of nitrogens with zero attached hydrogens (tertiary/aromatic N) is 1. The van der Waals surface area contributed by atoms with Gasteiger partial charge in [0.05, 0.1) is 11.9 Å². The Labute approximate surface area is 302 Å². The number of nitrogens with two attached hydrogens (primary N) is 3. The van der Waals surface area contributed by atoms with E-state index in [1.54, 1.807) is 60.7 Å². The Morgan fingerprint density at radius 3 is 1.92 bits per heavy atom. The molecular formula is C35H46N8O8S. The average Bonchev–Trinajstić information content (AvgIpc) is 3.09. The average molecular weight is 739 g/mol. The molecule has 0 bridgehead atoms. The van der Waals surface area contributed by atoms with Crippen LogP contribution in [-0.2, 0) is 41.4 Å². The SMILES string of the molecule is C[C@@H](O)[C@H](NC(=O)[C@@H](Cc1ccc(O)cc1)NS(=O)(=O)Cc1ccccc1)C(=O)N[C@@H](CCCCN=C(N)N)C(=O)N[C@H](C(N)=O)c1ccccc1. The summed E-state index contributed by atoms with van der Waals surface area (Å²) in [5, 5.41) is 27.9. The normalized spacial score (nSPS) is 14.1. The molecule has 12 N–H and O–H groups in total. The van der Waals surface area contributed by atoms with Crippen molar-refractivity contribution < 1.29 is 37.8 Å². The van der Waals surface area contributed by atoms with Crippen LogP contribution in [0.25, 0.3) is 0 Å². The Morgan fingerprint density at radius 2 is 1.35 bits per heavy atom. The Hall–Kier alpha value is -5.52. The summed E-state index contributed by atoms with van der Waals surface area (Å²) in [6.07, 6.45) is -0.878. The van der Waals surface area contributed by atoms with Crippen LogP contribution in [0, 0.1) is 0 Å². The number of rotatable bonds is 20. The maximum absolute atomic E-state index is 13.7. The summed E-state index contributed by atoms with van der Waals surface area (Å²) >= 11 is 0. The molecule has 17 heteroatoms. The number of guanidine groups is 1. The lowest BCUT2D eigenvalue weighted by Crippen LogP contribution is -2.60. The molecule has 0 heterocycles. The van der Waals surface area contributed by atoms with E-state index in [1.165, 1.54) is 31.2 Å². The van der Waals surface area contributed by atoms with Crippen molar-refractivity contribution in [2.75, 3.05) is 6.54 Å². The molecule has 4 amide bonds. The van der Waals surface area contributed by atoms with Gasteiger partial charge < -0.3 is 43.4 Å². The van der Waals surface area contributed by atoms with Gasteiger partial charge in [-0.2, -0.15) is 0 Å². The predicted octanol–water partition coefficient (Wildman–Crippen LogP) is -0.440. The number of hydrogen-bond donors (Lipinski definition) is 9. The van der Waals surface area contributed by atoms with Crippen LogP contribution in [-0.4, -0.2) is 79.0 Å². The molecule has 0 aliphatic rings. The van der Waals surface area contributed by atoms with Crippen LogP contribution in [0.4, 0.5) is 0 Å². The second-order valence-corrected chi connectivity index (χ2v) is 13.9. The van der Waals surface area contributed by atoms with Crippen molar-refractivity contribution in [1.82, 2.24) is 20.7 Å². The monoisotopic (exact) mass is 738 g/mol. The first-order valence-electron chi connectivity index (χ1n) is 16.5. The first kappa shape index (κ1) is 40.9. The summed E-state index contributed by atoms with van der Waals surface area (Å²) in [7, 11) is -4.11. The number of carbonyl (C=O) groups excluding carboxylic acids is 4.